The van der Waals surface area contributed by atoms with Crippen molar-refractivity contribution in [2.45, 2.75) is 59.4 Å². The average molecular weight is 265 g/mol. The first-order valence-electron chi connectivity index (χ1n) is 6.87. The maximum absolute atomic E-state index is 12.7. The highest BCUT2D eigenvalue weighted by atomic mass is 28.3. The minimum absolute atomic E-state index is 0.0125. The highest BCUT2D eigenvalue weighted by molar-refractivity contribution is 6.83. The van der Waals surface area contributed by atoms with E-state index in [1.54, 1.807) is 0 Å². The molecule has 0 aromatic carbocycles. The molecule has 1 amide bonds. The van der Waals surface area contributed by atoms with Crippen LogP contribution in [0.25, 0.3) is 0 Å². The van der Waals surface area contributed by atoms with Crippen LogP contribution in [0.2, 0.25) is 19.6 Å². The molecule has 18 heavy (non-hydrogen) atoms. The Hall–Kier alpha value is -0.833. The van der Waals surface area contributed by atoms with Crippen LogP contribution in [-0.2, 0) is 4.79 Å². The van der Waals surface area contributed by atoms with Crippen LogP contribution in [0.4, 0.5) is 0 Å². The minimum Gasteiger partial charge on any atom is -0.337 e. The van der Waals surface area contributed by atoms with Crippen LogP contribution < -0.4 is 0 Å². The predicted octanol–water partition coefficient (Wildman–Crippen LogP) is 3.62. The van der Waals surface area contributed by atoms with Crippen LogP contribution in [0.5, 0.6) is 0 Å². The predicted molar refractivity (Wildman–Crippen MR) is 81.2 cm³/mol. The van der Waals surface area contributed by atoms with Crippen molar-refractivity contribution in [1.82, 2.24) is 4.90 Å². The smallest absolute Gasteiger partial charge is 0.233 e. The van der Waals surface area contributed by atoms with Gasteiger partial charge >= 0.3 is 0 Å². The molecule has 1 aliphatic rings. The van der Waals surface area contributed by atoms with Gasteiger partial charge in [0.25, 0.3) is 0 Å². The van der Waals surface area contributed by atoms with E-state index in [-0.39, 0.29) is 23.9 Å². The van der Waals surface area contributed by atoms with Gasteiger partial charge in [-0.15, -0.1) is 0 Å². The lowest BCUT2D eigenvalue weighted by atomic mass is 10.1. The van der Waals surface area contributed by atoms with E-state index in [0.717, 1.165) is 0 Å². The zero-order valence-electron chi connectivity index (χ0n) is 12.8. The molecule has 0 saturated carbocycles. The quantitative estimate of drug-likeness (QED) is 0.711. The molecule has 3 heteroatoms. The molecule has 1 rings (SSSR count). The van der Waals surface area contributed by atoms with Crippen molar-refractivity contribution >= 4 is 14.0 Å². The molecule has 0 saturated heterocycles. The Morgan fingerprint density at radius 1 is 1.17 bits per heavy atom. The second kappa shape index (κ2) is 5.43. The third-order valence-electron chi connectivity index (χ3n) is 3.41. The van der Waals surface area contributed by atoms with Crippen LogP contribution in [0.3, 0.4) is 0 Å². The van der Waals surface area contributed by atoms with E-state index >= 15 is 0 Å². The fourth-order valence-electron chi connectivity index (χ4n) is 2.68. The van der Waals surface area contributed by atoms with Gasteiger partial charge < -0.3 is 4.90 Å². The summed E-state index contributed by atoms with van der Waals surface area (Å²) in [6.07, 6.45) is 6.27. The lowest BCUT2D eigenvalue weighted by Crippen LogP contribution is -2.46. The standard InChI is InChI=1S/C15H27NOSi/c1-11(2)16(12(3)4)15(17)13-9-8-10-14(13)18(5,6)7/h8-13H,1-7H3. The normalized spacial score (nSPS) is 19.6. The maximum Gasteiger partial charge on any atom is 0.233 e. The Morgan fingerprint density at radius 2 is 1.67 bits per heavy atom. The van der Waals surface area contributed by atoms with Crippen molar-refractivity contribution < 1.29 is 4.79 Å². The van der Waals surface area contributed by atoms with Crippen LogP contribution in [-0.4, -0.2) is 31.0 Å². The Kier molecular flexibility index (Phi) is 4.59. The van der Waals surface area contributed by atoms with Crippen LogP contribution in [0.15, 0.2) is 23.4 Å². The molecule has 0 aromatic heterocycles. The van der Waals surface area contributed by atoms with Gasteiger partial charge in [0, 0.05) is 12.1 Å². The number of allylic oxidation sites excluding steroid dienone is 2. The van der Waals surface area contributed by atoms with Gasteiger partial charge in [-0.25, -0.2) is 0 Å². The second-order valence-electron chi connectivity index (χ2n) is 6.67. The third kappa shape index (κ3) is 3.13. The zero-order valence-corrected chi connectivity index (χ0v) is 13.8. The Balaban J connectivity index is 2.97. The number of hydrogen-bond donors (Lipinski definition) is 0. The van der Waals surface area contributed by atoms with Crippen molar-refractivity contribution in [2.24, 2.45) is 5.92 Å². The van der Waals surface area contributed by atoms with E-state index in [1.807, 2.05) is 4.90 Å². The van der Waals surface area contributed by atoms with E-state index in [1.165, 1.54) is 5.20 Å². The highest BCUT2D eigenvalue weighted by Crippen LogP contribution is 2.30. The molecule has 2 nitrogen and oxygen atoms in total. The van der Waals surface area contributed by atoms with Crippen molar-refractivity contribution in [3.63, 3.8) is 0 Å². The fourth-order valence-corrected chi connectivity index (χ4v) is 4.42. The summed E-state index contributed by atoms with van der Waals surface area (Å²) in [5, 5.41) is 1.36. The van der Waals surface area contributed by atoms with Gasteiger partial charge in [0.1, 0.15) is 0 Å². The lowest BCUT2D eigenvalue weighted by molar-refractivity contribution is -0.136. The topological polar surface area (TPSA) is 20.3 Å². The molecule has 1 aliphatic carbocycles. The number of rotatable bonds is 4. The Bertz CT molecular complexity index is 366. The van der Waals surface area contributed by atoms with Crippen molar-refractivity contribution in [1.29, 1.82) is 0 Å². The average Bonchev–Trinajstić information content (AvgIpc) is 2.63. The molecule has 0 aliphatic heterocycles. The molecule has 102 valence electrons. The number of carbonyl (C=O) groups is 1. The third-order valence-corrected chi connectivity index (χ3v) is 5.62. The summed E-state index contributed by atoms with van der Waals surface area (Å²) in [5.74, 6) is 0.254. The summed E-state index contributed by atoms with van der Waals surface area (Å²) in [6, 6.07) is 0.517. The molecule has 1 atom stereocenters. The first-order valence-corrected chi connectivity index (χ1v) is 10.4. The van der Waals surface area contributed by atoms with Gasteiger partial charge in [-0.05, 0) is 27.7 Å². The summed E-state index contributed by atoms with van der Waals surface area (Å²) in [5.41, 5.74) is 0. The van der Waals surface area contributed by atoms with Gasteiger partial charge in [0.2, 0.25) is 5.91 Å². The summed E-state index contributed by atoms with van der Waals surface area (Å²) in [7, 11) is -1.41. The largest absolute Gasteiger partial charge is 0.337 e. The van der Waals surface area contributed by atoms with Crippen LogP contribution in [0, 0.1) is 5.92 Å². The van der Waals surface area contributed by atoms with Gasteiger partial charge in [0.15, 0.2) is 0 Å². The second-order valence-corrected chi connectivity index (χ2v) is 11.7. The molecular weight excluding hydrogens is 238 g/mol. The Labute approximate surface area is 113 Å². The van der Waals surface area contributed by atoms with Crippen molar-refractivity contribution in [3.8, 4) is 0 Å². The van der Waals surface area contributed by atoms with E-state index in [9.17, 15) is 4.79 Å². The van der Waals surface area contributed by atoms with Gasteiger partial charge in [-0.3, -0.25) is 4.79 Å². The van der Waals surface area contributed by atoms with Gasteiger partial charge in [-0.2, -0.15) is 0 Å². The summed E-state index contributed by atoms with van der Waals surface area (Å²) >= 11 is 0. The first kappa shape index (κ1) is 15.2. The monoisotopic (exact) mass is 265 g/mol. The minimum atomic E-state index is -1.41. The SMILES string of the molecule is CC(C)N(C(=O)C1C=CC=C1[Si](C)(C)C)C(C)C. The molecular formula is C15H27NOSi. The molecule has 0 fully saturated rings. The highest BCUT2D eigenvalue weighted by Gasteiger charge is 2.35. The maximum atomic E-state index is 12.7. The van der Waals surface area contributed by atoms with Crippen molar-refractivity contribution in [2.75, 3.05) is 0 Å². The molecule has 1 unspecified atom stereocenters. The molecule has 0 bridgehead atoms. The van der Waals surface area contributed by atoms with E-state index in [4.69, 9.17) is 0 Å². The van der Waals surface area contributed by atoms with E-state index in [2.05, 4.69) is 65.6 Å². The van der Waals surface area contributed by atoms with Gasteiger partial charge in [-0.1, -0.05) is 43.1 Å². The van der Waals surface area contributed by atoms with Crippen molar-refractivity contribution in [3.05, 3.63) is 23.4 Å². The molecule has 0 heterocycles. The fraction of sp³-hybridized carbons (Fsp3) is 0.667. The molecule has 0 aromatic rings. The van der Waals surface area contributed by atoms with E-state index in [0.29, 0.717) is 0 Å². The summed E-state index contributed by atoms with van der Waals surface area (Å²) in [4.78, 5) is 14.7. The van der Waals surface area contributed by atoms with Crippen LogP contribution >= 0.6 is 0 Å². The molecule has 0 N–H and O–H groups in total. The Morgan fingerprint density at radius 3 is 2.06 bits per heavy atom. The van der Waals surface area contributed by atoms with Gasteiger partial charge in [0.05, 0.1) is 14.0 Å². The lowest BCUT2D eigenvalue weighted by Gasteiger charge is -2.35. The number of carbonyl (C=O) groups excluding carboxylic acids is 1. The summed E-state index contributed by atoms with van der Waals surface area (Å²) < 4.78 is 0. The number of nitrogens with zero attached hydrogens (tertiary/aromatic N) is 1. The first-order chi connectivity index (χ1) is 8.16. The zero-order chi connectivity index (χ0) is 14.1. The summed E-state index contributed by atoms with van der Waals surface area (Å²) in [6.45, 7) is 15.3. The molecule has 0 radical (unpaired) electrons. The molecule has 0 spiro atoms. The van der Waals surface area contributed by atoms with E-state index < -0.39 is 8.07 Å². The number of amides is 1. The number of hydrogen-bond acceptors (Lipinski definition) is 1. The van der Waals surface area contributed by atoms with Crippen LogP contribution in [0.1, 0.15) is 27.7 Å².